The maximum Gasteiger partial charge on any atom is 0.238 e. The average Bonchev–Trinajstić information content (AvgIpc) is 3.01. The summed E-state index contributed by atoms with van der Waals surface area (Å²) in [5.41, 5.74) is 1.09. The lowest BCUT2D eigenvalue weighted by Gasteiger charge is -2.34. The molecule has 0 spiro atoms. The fraction of sp³-hybridized carbons (Fsp3) is 0.500. The standard InChI is InChI=1S/C16H20N2O2/c19-18(20)16-14(13-7-2-1-3-8-13)9-6-10-15(16)17-11-4-5-12-17/h1-3,6-8,10,14-16H,4-5,9,11-12H2/t14-,15-,16+/m0/s1. The van der Waals surface area contributed by atoms with Crippen LogP contribution in [0.5, 0.6) is 0 Å². The highest BCUT2D eigenvalue weighted by atomic mass is 16.6. The van der Waals surface area contributed by atoms with Crippen LogP contribution in [0, 0.1) is 10.1 Å². The number of rotatable bonds is 3. The topological polar surface area (TPSA) is 46.4 Å². The lowest BCUT2D eigenvalue weighted by molar-refractivity contribution is -0.533. The molecule has 1 aromatic carbocycles. The highest BCUT2D eigenvalue weighted by Crippen LogP contribution is 2.34. The van der Waals surface area contributed by atoms with E-state index in [1.165, 1.54) is 0 Å². The fourth-order valence-corrected chi connectivity index (χ4v) is 3.54. The van der Waals surface area contributed by atoms with Gasteiger partial charge < -0.3 is 0 Å². The van der Waals surface area contributed by atoms with Crippen molar-refractivity contribution in [3.63, 3.8) is 0 Å². The highest BCUT2D eigenvalue weighted by molar-refractivity contribution is 5.25. The smallest absolute Gasteiger partial charge is 0.238 e. The number of likely N-dealkylation sites (tertiary alicyclic amines) is 1. The summed E-state index contributed by atoms with van der Waals surface area (Å²) in [6.45, 7) is 1.97. The summed E-state index contributed by atoms with van der Waals surface area (Å²) in [6, 6.07) is 9.35. The third-order valence-electron chi connectivity index (χ3n) is 4.52. The molecule has 3 atom stereocenters. The van der Waals surface area contributed by atoms with Crippen molar-refractivity contribution in [3.8, 4) is 0 Å². The molecule has 1 aromatic rings. The van der Waals surface area contributed by atoms with E-state index < -0.39 is 6.04 Å². The van der Waals surface area contributed by atoms with Crippen molar-refractivity contribution in [2.45, 2.75) is 37.3 Å². The minimum Gasteiger partial charge on any atom is -0.291 e. The molecule has 0 bridgehead atoms. The quantitative estimate of drug-likeness (QED) is 0.483. The first kappa shape index (κ1) is 13.3. The van der Waals surface area contributed by atoms with Gasteiger partial charge in [0.2, 0.25) is 6.04 Å². The largest absolute Gasteiger partial charge is 0.291 e. The van der Waals surface area contributed by atoms with E-state index in [0.717, 1.165) is 37.9 Å². The van der Waals surface area contributed by atoms with Crippen molar-refractivity contribution >= 4 is 0 Å². The van der Waals surface area contributed by atoms with Crippen molar-refractivity contribution in [1.29, 1.82) is 0 Å². The first-order chi connectivity index (χ1) is 9.77. The highest BCUT2D eigenvalue weighted by Gasteiger charge is 2.43. The molecule has 0 saturated carbocycles. The van der Waals surface area contributed by atoms with Gasteiger partial charge in [-0.3, -0.25) is 15.0 Å². The minimum absolute atomic E-state index is 0.0122. The van der Waals surface area contributed by atoms with Crippen molar-refractivity contribution in [3.05, 3.63) is 58.2 Å². The maximum atomic E-state index is 11.7. The molecule has 106 valence electrons. The zero-order chi connectivity index (χ0) is 13.9. The van der Waals surface area contributed by atoms with E-state index in [-0.39, 0.29) is 16.9 Å². The van der Waals surface area contributed by atoms with Gasteiger partial charge in [-0.25, -0.2) is 0 Å². The van der Waals surface area contributed by atoms with Crippen LogP contribution in [0.1, 0.15) is 30.7 Å². The molecule has 3 rings (SSSR count). The van der Waals surface area contributed by atoms with Gasteiger partial charge in [-0.1, -0.05) is 42.5 Å². The van der Waals surface area contributed by atoms with Gasteiger partial charge in [-0.2, -0.15) is 0 Å². The van der Waals surface area contributed by atoms with Crippen molar-refractivity contribution in [2.75, 3.05) is 13.1 Å². The summed E-state index contributed by atoms with van der Waals surface area (Å²) in [4.78, 5) is 13.9. The van der Waals surface area contributed by atoms with Crippen molar-refractivity contribution in [2.24, 2.45) is 0 Å². The maximum absolute atomic E-state index is 11.7. The Balaban J connectivity index is 1.91. The molecule has 0 aromatic heterocycles. The molecular formula is C16H20N2O2. The Morgan fingerprint density at radius 1 is 1.15 bits per heavy atom. The lowest BCUT2D eigenvalue weighted by Crippen LogP contribution is -2.49. The average molecular weight is 272 g/mol. The Kier molecular flexibility index (Phi) is 3.83. The Hall–Kier alpha value is -1.68. The van der Waals surface area contributed by atoms with Crippen LogP contribution in [-0.2, 0) is 0 Å². The van der Waals surface area contributed by atoms with Crippen molar-refractivity contribution in [1.82, 2.24) is 4.90 Å². The third kappa shape index (κ3) is 2.48. The van der Waals surface area contributed by atoms with Gasteiger partial charge in [0.25, 0.3) is 0 Å². The lowest BCUT2D eigenvalue weighted by atomic mass is 9.80. The Labute approximate surface area is 119 Å². The summed E-state index contributed by atoms with van der Waals surface area (Å²) in [5, 5.41) is 11.7. The first-order valence-electron chi connectivity index (χ1n) is 7.36. The van der Waals surface area contributed by atoms with E-state index in [1.807, 2.05) is 30.3 Å². The molecule has 0 radical (unpaired) electrons. The first-order valence-corrected chi connectivity index (χ1v) is 7.36. The number of hydrogen-bond donors (Lipinski definition) is 0. The second-order valence-corrected chi connectivity index (χ2v) is 5.69. The van der Waals surface area contributed by atoms with E-state index in [0.29, 0.717) is 0 Å². The number of benzene rings is 1. The number of nitrogens with zero attached hydrogens (tertiary/aromatic N) is 2. The van der Waals surface area contributed by atoms with E-state index in [4.69, 9.17) is 0 Å². The molecule has 2 aliphatic rings. The van der Waals surface area contributed by atoms with Gasteiger partial charge in [0.05, 0.1) is 12.0 Å². The van der Waals surface area contributed by atoms with Gasteiger partial charge in [0.15, 0.2) is 0 Å². The molecule has 4 nitrogen and oxygen atoms in total. The monoisotopic (exact) mass is 272 g/mol. The summed E-state index contributed by atoms with van der Waals surface area (Å²) in [7, 11) is 0. The fourth-order valence-electron chi connectivity index (χ4n) is 3.54. The van der Waals surface area contributed by atoms with Crippen molar-refractivity contribution < 1.29 is 4.92 Å². The molecule has 1 aliphatic heterocycles. The molecule has 1 heterocycles. The Morgan fingerprint density at radius 3 is 2.50 bits per heavy atom. The number of nitro groups is 1. The van der Waals surface area contributed by atoms with Gasteiger partial charge in [0.1, 0.15) is 0 Å². The predicted molar refractivity (Wildman–Crippen MR) is 78.3 cm³/mol. The molecule has 1 aliphatic carbocycles. The van der Waals surface area contributed by atoms with Crippen LogP contribution < -0.4 is 0 Å². The van der Waals surface area contributed by atoms with Crippen LogP contribution in [0.2, 0.25) is 0 Å². The molecule has 0 amide bonds. The summed E-state index contributed by atoms with van der Waals surface area (Å²) >= 11 is 0. The second kappa shape index (κ2) is 5.75. The van der Waals surface area contributed by atoms with Crippen LogP contribution in [0.25, 0.3) is 0 Å². The summed E-state index contributed by atoms with van der Waals surface area (Å²) < 4.78 is 0. The van der Waals surface area contributed by atoms with Gasteiger partial charge in [-0.05, 0) is 37.9 Å². The molecule has 0 N–H and O–H groups in total. The SMILES string of the molecule is O=[N+]([O-])[C@@H]1[C@H](c2ccccc2)CC=C[C@@H]1N1CCCC1. The zero-order valence-corrected chi connectivity index (χ0v) is 11.5. The Morgan fingerprint density at radius 2 is 1.85 bits per heavy atom. The van der Waals surface area contributed by atoms with E-state index in [9.17, 15) is 10.1 Å². The second-order valence-electron chi connectivity index (χ2n) is 5.69. The molecule has 4 heteroatoms. The molecule has 1 saturated heterocycles. The van der Waals surface area contributed by atoms with E-state index in [1.54, 1.807) is 0 Å². The molecule has 20 heavy (non-hydrogen) atoms. The number of allylic oxidation sites excluding steroid dienone is 1. The van der Waals surface area contributed by atoms with Crippen LogP contribution in [0.4, 0.5) is 0 Å². The van der Waals surface area contributed by atoms with Crippen LogP contribution in [0.15, 0.2) is 42.5 Å². The summed E-state index contributed by atoms with van der Waals surface area (Å²) in [6.07, 6.45) is 7.26. The van der Waals surface area contributed by atoms with Gasteiger partial charge in [-0.15, -0.1) is 0 Å². The molecule has 0 unspecified atom stereocenters. The zero-order valence-electron chi connectivity index (χ0n) is 11.5. The summed E-state index contributed by atoms with van der Waals surface area (Å²) in [5.74, 6) is -0.0122. The molecule has 1 fully saturated rings. The van der Waals surface area contributed by atoms with E-state index >= 15 is 0 Å². The Bertz CT molecular complexity index is 494. The van der Waals surface area contributed by atoms with Crippen LogP contribution in [-0.4, -0.2) is 35.0 Å². The minimum atomic E-state index is -0.527. The van der Waals surface area contributed by atoms with Crippen LogP contribution >= 0.6 is 0 Å². The molecular weight excluding hydrogens is 252 g/mol. The van der Waals surface area contributed by atoms with Gasteiger partial charge >= 0.3 is 0 Å². The van der Waals surface area contributed by atoms with E-state index in [2.05, 4.69) is 17.1 Å². The van der Waals surface area contributed by atoms with Gasteiger partial charge in [0, 0.05) is 4.92 Å². The normalized spacial score (nSPS) is 30.5. The third-order valence-corrected chi connectivity index (χ3v) is 4.52. The predicted octanol–water partition coefficient (Wildman–Crippen LogP) is 2.84. The van der Waals surface area contributed by atoms with Crippen LogP contribution in [0.3, 0.4) is 0 Å². The number of hydrogen-bond acceptors (Lipinski definition) is 3.